The lowest BCUT2D eigenvalue weighted by Crippen LogP contribution is -2.49. The quantitative estimate of drug-likeness (QED) is 0.562. The van der Waals surface area contributed by atoms with E-state index < -0.39 is 0 Å². The van der Waals surface area contributed by atoms with Crippen LogP contribution in [0, 0.1) is 22.7 Å². The molecule has 0 aromatic rings. The minimum Gasteiger partial charge on any atom is -0.299 e. The van der Waals surface area contributed by atoms with Crippen LogP contribution in [0.5, 0.6) is 0 Å². The van der Waals surface area contributed by atoms with Crippen LogP contribution in [-0.4, -0.2) is 5.78 Å². The summed E-state index contributed by atoms with van der Waals surface area (Å²) < 4.78 is 0. The van der Waals surface area contributed by atoms with Gasteiger partial charge in [0.15, 0.2) is 0 Å². The number of rotatable bonds is 0. The molecule has 1 nitrogen and oxygen atoms in total. The molecular weight excluding hydrogens is 160 g/mol. The van der Waals surface area contributed by atoms with Crippen LogP contribution in [0.1, 0.15) is 48.0 Å². The molecule has 1 aliphatic rings. The average molecular weight is 182 g/mol. The molecular formula is C12H22O. The third-order valence-electron chi connectivity index (χ3n) is 3.25. The van der Waals surface area contributed by atoms with Crippen molar-refractivity contribution in [2.24, 2.45) is 22.7 Å². The Kier molecular flexibility index (Phi) is 2.34. The second-order valence-corrected chi connectivity index (χ2v) is 6.48. The van der Waals surface area contributed by atoms with E-state index in [0.29, 0.717) is 17.6 Å². The Morgan fingerprint density at radius 3 is 1.38 bits per heavy atom. The summed E-state index contributed by atoms with van der Waals surface area (Å²) in [5.41, 5.74) is 0.331. The molecule has 0 radical (unpaired) electrons. The zero-order valence-electron chi connectivity index (χ0n) is 9.77. The van der Waals surface area contributed by atoms with Crippen LogP contribution >= 0.6 is 0 Å². The highest BCUT2D eigenvalue weighted by Gasteiger charge is 2.49. The topological polar surface area (TPSA) is 17.1 Å². The molecule has 0 aromatic carbocycles. The van der Waals surface area contributed by atoms with Crippen LogP contribution < -0.4 is 0 Å². The number of carbonyl (C=O) groups excluding carboxylic acids is 1. The zero-order chi connectivity index (χ0) is 10.4. The number of ketones is 1. The molecule has 0 bridgehead atoms. The summed E-state index contributed by atoms with van der Waals surface area (Å²) in [6.45, 7) is 13.0. The summed E-state index contributed by atoms with van der Waals surface area (Å²) in [6.07, 6.45) is 1.09. The molecule has 76 valence electrons. The van der Waals surface area contributed by atoms with Crippen LogP contribution in [0.2, 0.25) is 0 Å². The van der Waals surface area contributed by atoms with Crippen molar-refractivity contribution in [1.82, 2.24) is 0 Å². The van der Waals surface area contributed by atoms with Gasteiger partial charge in [0.05, 0.1) is 0 Å². The fourth-order valence-electron chi connectivity index (χ4n) is 2.11. The van der Waals surface area contributed by atoms with Gasteiger partial charge >= 0.3 is 0 Å². The first-order valence-electron chi connectivity index (χ1n) is 5.18. The van der Waals surface area contributed by atoms with Gasteiger partial charge in [-0.25, -0.2) is 0 Å². The van der Waals surface area contributed by atoms with Crippen LogP contribution in [0.15, 0.2) is 0 Å². The van der Waals surface area contributed by atoms with Crippen molar-refractivity contribution in [2.45, 2.75) is 48.0 Å². The van der Waals surface area contributed by atoms with Gasteiger partial charge in [-0.1, -0.05) is 41.5 Å². The van der Waals surface area contributed by atoms with Crippen molar-refractivity contribution >= 4 is 5.78 Å². The van der Waals surface area contributed by atoms with Crippen molar-refractivity contribution < 1.29 is 4.79 Å². The molecule has 0 spiro atoms. The normalized spacial score (nSPS) is 30.2. The summed E-state index contributed by atoms with van der Waals surface area (Å²) in [6, 6.07) is 0. The third kappa shape index (κ3) is 1.95. The lowest BCUT2D eigenvalue weighted by Gasteiger charge is -2.47. The molecule has 0 heterocycles. The van der Waals surface area contributed by atoms with Gasteiger partial charge < -0.3 is 0 Å². The highest BCUT2D eigenvalue weighted by molar-refractivity contribution is 5.90. The van der Waals surface area contributed by atoms with E-state index in [4.69, 9.17) is 0 Å². The van der Waals surface area contributed by atoms with Crippen molar-refractivity contribution in [3.8, 4) is 0 Å². The maximum Gasteiger partial charge on any atom is 0.140 e. The van der Waals surface area contributed by atoms with Crippen molar-refractivity contribution in [2.75, 3.05) is 0 Å². The average Bonchev–Trinajstić information content (AvgIpc) is 1.77. The highest BCUT2D eigenvalue weighted by Crippen LogP contribution is 2.48. The Balaban J connectivity index is 2.64. The van der Waals surface area contributed by atoms with E-state index in [1.807, 2.05) is 0 Å². The maximum absolute atomic E-state index is 11.9. The Morgan fingerprint density at radius 2 is 1.23 bits per heavy atom. The molecule has 0 unspecified atom stereocenters. The molecule has 1 saturated carbocycles. The van der Waals surface area contributed by atoms with Crippen LogP contribution in [-0.2, 0) is 4.79 Å². The number of carbonyl (C=O) groups is 1. The second-order valence-electron chi connectivity index (χ2n) is 6.48. The van der Waals surface area contributed by atoms with E-state index in [9.17, 15) is 4.79 Å². The predicted octanol–water partition coefficient (Wildman–Crippen LogP) is 3.28. The smallest absolute Gasteiger partial charge is 0.140 e. The SMILES string of the molecule is CC(C)(C)[C@@H]1C[C@H](C(C)(C)C)C1=O. The monoisotopic (exact) mass is 182 g/mol. The molecule has 1 rings (SSSR count). The molecule has 0 aromatic heterocycles. The summed E-state index contributed by atoms with van der Waals surface area (Å²) in [7, 11) is 0. The van der Waals surface area contributed by atoms with Gasteiger partial charge in [-0.15, -0.1) is 0 Å². The molecule has 1 fully saturated rings. The first-order valence-corrected chi connectivity index (χ1v) is 5.18. The van der Waals surface area contributed by atoms with Crippen LogP contribution in [0.4, 0.5) is 0 Å². The Hall–Kier alpha value is -0.330. The van der Waals surface area contributed by atoms with E-state index in [2.05, 4.69) is 41.5 Å². The molecule has 0 N–H and O–H groups in total. The van der Waals surface area contributed by atoms with Crippen LogP contribution in [0.25, 0.3) is 0 Å². The van der Waals surface area contributed by atoms with E-state index in [1.54, 1.807) is 0 Å². The lowest BCUT2D eigenvalue weighted by molar-refractivity contribution is -0.147. The number of Topliss-reactive ketones (excluding diaryl/α,β-unsaturated/α-hetero) is 1. The highest BCUT2D eigenvalue weighted by atomic mass is 16.1. The Morgan fingerprint density at radius 1 is 0.923 bits per heavy atom. The second kappa shape index (κ2) is 2.83. The molecule has 0 saturated heterocycles. The molecule has 0 amide bonds. The maximum atomic E-state index is 11.9. The zero-order valence-corrected chi connectivity index (χ0v) is 9.77. The molecule has 2 atom stereocenters. The predicted molar refractivity (Wildman–Crippen MR) is 55.5 cm³/mol. The molecule has 0 aliphatic heterocycles. The van der Waals surface area contributed by atoms with Gasteiger partial charge in [-0.3, -0.25) is 4.79 Å². The summed E-state index contributed by atoms with van der Waals surface area (Å²) in [4.78, 5) is 11.9. The van der Waals surface area contributed by atoms with Crippen molar-refractivity contribution in [3.63, 3.8) is 0 Å². The Bertz CT molecular complexity index is 192. The minimum absolute atomic E-state index is 0.166. The first kappa shape index (κ1) is 10.7. The van der Waals surface area contributed by atoms with Crippen molar-refractivity contribution in [3.05, 3.63) is 0 Å². The molecule has 1 heteroatoms. The van der Waals surface area contributed by atoms with Gasteiger partial charge in [-0.2, -0.15) is 0 Å². The fourth-order valence-corrected chi connectivity index (χ4v) is 2.11. The molecule has 1 aliphatic carbocycles. The summed E-state index contributed by atoms with van der Waals surface area (Å²) >= 11 is 0. The number of hydrogen-bond donors (Lipinski definition) is 0. The van der Waals surface area contributed by atoms with E-state index >= 15 is 0 Å². The van der Waals surface area contributed by atoms with Crippen molar-refractivity contribution in [1.29, 1.82) is 0 Å². The van der Waals surface area contributed by atoms with Crippen LogP contribution in [0.3, 0.4) is 0 Å². The van der Waals surface area contributed by atoms with Gasteiger partial charge in [0.1, 0.15) is 5.78 Å². The fraction of sp³-hybridized carbons (Fsp3) is 0.917. The van der Waals surface area contributed by atoms with Gasteiger partial charge in [0.25, 0.3) is 0 Å². The van der Waals surface area contributed by atoms with E-state index in [1.165, 1.54) is 0 Å². The summed E-state index contributed by atoms with van der Waals surface area (Å²) in [5, 5.41) is 0. The minimum atomic E-state index is 0.166. The third-order valence-corrected chi connectivity index (χ3v) is 3.25. The van der Waals surface area contributed by atoms with E-state index in [-0.39, 0.29) is 10.8 Å². The summed E-state index contributed by atoms with van der Waals surface area (Å²) in [5.74, 6) is 1.09. The lowest BCUT2D eigenvalue weighted by atomic mass is 9.55. The number of hydrogen-bond acceptors (Lipinski definition) is 1. The van der Waals surface area contributed by atoms with Gasteiger partial charge in [-0.05, 0) is 17.3 Å². The van der Waals surface area contributed by atoms with E-state index in [0.717, 1.165) is 6.42 Å². The largest absolute Gasteiger partial charge is 0.299 e. The Labute approximate surface area is 81.9 Å². The van der Waals surface area contributed by atoms with Gasteiger partial charge in [0.2, 0.25) is 0 Å². The standard InChI is InChI=1S/C12H22O/c1-11(2,3)8-7-9(10(8)13)12(4,5)6/h8-9H,7H2,1-6H3/t8-,9+. The van der Waals surface area contributed by atoms with Gasteiger partial charge in [0, 0.05) is 11.8 Å². The molecule has 13 heavy (non-hydrogen) atoms. The first-order chi connectivity index (χ1) is 5.64.